The molecule has 1 saturated heterocycles. The first-order valence-corrected chi connectivity index (χ1v) is 14.1. The highest BCUT2D eigenvalue weighted by Crippen LogP contribution is 2.37. The Morgan fingerprint density at radius 3 is 2.24 bits per heavy atom. The monoisotopic (exact) mass is 522 g/mol. The number of para-hydroxylation sites is 1. The van der Waals surface area contributed by atoms with Crippen LogP contribution in [0.15, 0.2) is 65.7 Å². The van der Waals surface area contributed by atoms with Crippen LogP contribution in [0.4, 0.5) is 5.69 Å². The minimum atomic E-state index is -3.85. The number of ether oxygens (including phenoxy) is 1. The number of methoxy groups -OCH3 is 1. The number of hydrogen-bond acceptors (Lipinski definition) is 5. The lowest BCUT2D eigenvalue weighted by atomic mass is 10.1. The van der Waals surface area contributed by atoms with E-state index in [2.05, 4.69) is 21.6 Å². The van der Waals surface area contributed by atoms with Crippen molar-refractivity contribution in [3.8, 4) is 5.75 Å². The molecule has 2 aromatic carbocycles. The standard InChI is InChI=1S/C28H34N4O4S/c1-21-18-24(36-3)19-22(2)28(21)37(34,35)32-17-16-30-11-7-10-25(30)26(32)20-27(33)31-14-12-29(13-15-31)23-8-5-4-6-9-23/h4-11,18-19,26H,12-17,20H2,1-3H3. The highest BCUT2D eigenvalue weighted by Gasteiger charge is 2.40. The predicted molar refractivity (Wildman–Crippen MR) is 143 cm³/mol. The molecule has 1 amide bonds. The molecule has 1 aromatic heterocycles. The van der Waals surface area contributed by atoms with E-state index in [1.54, 1.807) is 33.1 Å². The average molecular weight is 523 g/mol. The lowest BCUT2D eigenvalue weighted by Gasteiger charge is -2.39. The minimum absolute atomic E-state index is 0.0178. The maximum Gasteiger partial charge on any atom is 0.244 e. The third kappa shape index (κ3) is 4.85. The number of aromatic nitrogens is 1. The Morgan fingerprint density at radius 2 is 1.59 bits per heavy atom. The number of piperazine rings is 1. The van der Waals surface area contributed by atoms with Crippen LogP contribution in [-0.2, 0) is 21.4 Å². The second-order valence-electron chi connectivity index (χ2n) is 9.76. The van der Waals surface area contributed by atoms with Gasteiger partial charge in [0.05, 0.1) is 18.0 Å². The number of benzene rings is 2. The second-order valence-corrected chi connectivity index (χ2v) is 11.6. The zero-order chi connectivity index (χ0) is 26.2. The molecule has 0 saturated carbocycles. The highest BCUT2D eigenvalue weighted by molar-refractivity contribution is 7.89. The molecule has 1 atom stereocenters. The number of sulfonamides is 1. The van der Waals surface area contributed by atoms with Gasteiger partial charge in [0, 0.05) is 63.3 Å². The summed E-state index contributed by atoms with van der Waals surface area (Å²) in [6.07, 6.45) is 2.07. The van der Waals surface area contributed by atoms with Crippen LogP contribution in [-0.4, -0.2) is 67.9 Å². The summed E-state index contributed by atoms with van der Waals surface area (Å²) in [6, 6.07) is 17.0. The van der Waals surface area contributed by atoms with Crippen molar-refractivity contribution in [1.29, 1.82) is 0 Å². The fourth-order valence-corrected chi connectivity index (χ4v) is 7.64. The van der Waals surface area contributed by atoms with Gasteiger partial charge >= 0.3 is 0 Å². The molecule has 37 heavy (non-hydrogen) atoms. The Balaban J connectivity index is 1.38. The van der Waals surface area contributed by atoms with Gasteiger partial charge in [0.25, 0.3) is 0 Å². The van der Waals surface area contributed by atoms with E-state index in [1.807, 2.05) is 41.4 Å². The Hall–Kier alpha value is -3.30. The number of anilines is 1. The molecule has 1 unspecified atom stereocenters. The van der Waals surface area contributed by atoms with E-state index in [9.17, 15) is 13.2 Å². The Labute approximate surface area is 219 Å². The number of carbonyl (C=O) groups excluding carboxylic acids is 1. The van der Waals surface area contributed by atoms with Crippen molar-refractivity contribution in [2.24, 2.45) is 0 Å². The Bertz CT molecular complexity index is 1360. The Morgan fingerprint density at radius 1 is 0.919 bits per heavy atom. The molecule has 0 spiro atoms. The van der Waals surface area contributed by atoms with E-state index in [0.717, 1.165) is 24.5 Å². The van der Waals surface area contributed by atoms with E-state index >= 15 is 0 Å². The molecule has 9 heteroatoms. The first-order chi connectivity index (χ1) is 17.8. The second kappa shape index (κ2) is 10.2. The zero-order valence-corrected chi connectivity index (χ0v) is 22.4. The average Bonchev–Trinajstić information content (AvgIpc) is 3.38. The maximum absolute atomic E-state index is 14.1. The van der Waals surface area contributed by atoms with E-state index in [-0.39, 0.29) is 12.3 Å². The quantitative estimate of drug-likeness (QED) is 0.495. The number of hydrogen-bond donors (Lipinski definition) is 0. The summed E-state index contributed by atoms with van der Waals surface area (Å²) in [6.45, 7) is 7.19. The first-order valence-electron chi connectivity index (χ1n) is 12.7. The van der Waals surface area contributed by atoms with Crippen molar-refractivity contribution < 1.29 is 17.9 Å². The topological polar surface area (TPSA) is 75.1 Å². The third-order valence-electron chi connectivity index (χ3n) is 7.47. The fraction of sp³-hybridized carbons (Fsp3) is 0.393. The van der Waals surface area contributed by atoms with Gasteiger partial charge in [-0.1, -0.05) is 18.2 Å². The van der Waals surface area contributed by atoms with Gasteiger partial charge in [-0.2, -0.15) is 4.31 Å². The summed E-state index contributed by atoms with van der Waals surface area (Å²) >= 11 is 0. The van der Waals surface area contributed by atoms with Gasteiger partial charge in [-0.15, -0.1) is 0 Å². The normalized spacial score (nSPS) is 18.5. The number of aryl methyl sites for hydroxylation is 2. The lowest BCUT2D eigenvalue weighted by Crippen LogP contribution is -2.50. The van der Waals surface area contributed by atoms with Gasteiger partial charge < -0.3 is 19.1 Å². The summed E-state index contributed by atoms with van der Waals surface area (Å²) in [4.78, 5) is 18.0. The van der Waals surface area contributed by atoms with Crippen LogP contribution in [0.2, 0.25) is 0 Å². The number of amides is 1. The number of rotatable bonds is 6. The summed E-state index contributed by atoms with van der Waals surface area (Å²) in [5.41, 5.74) is 3.29. The summed E-state index contributed by atoms with van der Waals surface area (Å²) in [5.74, 6) is 0.610. The van der Waals surface area contributed by atoms with E-state index < -0.39 is 16.1 Å². The molecular weight excluding hydrogens is 488 g/mol. The van der Waals surface area contributed by atoms with Crippen LogP contribution in [0.5, 0.6) is 5.75 Å². The van der Waals surface area contributed by atoms with Crippen molar-refractivity contribution in [1.82, 2.24) is 13.8 Å². The molecule has 0 bridgehead atoms. The lowest BCUT2D eigenvalue weighted by molar-refractivity contribution is -0.132. The zero-order valence-electron chi connectivity index (χ0n) is 21.6. The highest BCUT2D eigenvalue weighted by atomic mass is 32.2. The summed E-state index contributed by atoms with van der Waals surface area (Å²) in [7, 11) is -2.28. The number of carbonyl (C=O) groups is 1. The van der Waals surface area contributed by atoms with Crippen molar-refractivity contribution in [3.05, 3.63) is 77.6 Å². The molecule has 3 heterocycles. The molecule has 1 fully saturated rings. The fourth-order valence-electron chi connectivity index (χ4n) is 5.64. The largest absolute Gasteiger partial charge is 0.497 e. The molecule has 8 nitrogen and oxygen atoms in total. The van der Waals surface area contributed by atoms with Gasteiger partial charge in [-0.25, -0.2) is 8.42 Å². The predicted octanol–water partition coefficient (Wildman–Crippen LogP) is 3.60. The van der Waals surface area contributed by atoms with Gasteiger partial charge in [-0.05, 0) is 61.4 Å². The summed E-state index contributed by atoms with van der Waals surface area (Å²) in [5, 5.41) is 0. The molecule has 0 radical (unpaired) electrons. The van der Waals surface area contributed by atoms with Gasteiger partial charge in [0.2, 0.25) is 15.9 Å². The van der Waals surface area contributed by atoms with Crippen LogP contribution in [0, 0.1) is 13.8 Å². The molecule has 5 rings (SSSR count). The molecule has 2 aliphatic rings. The van der Waals surface area contributed by atoms with Crippen molar-refractivity contribution >= 4 is 21.6 Å². The van der Waals surface area contributed by atoms with E-state index in [0.29, 0.717) is 48.0 Å². The summed E-state index contributed by atoms with van der Waals surface area (Å²) < 4.78 is 37.1. The molecule has 196 valence electrons. The van der Waals surface area contributed by atoms with Gasteiger partial charge in [-0.3, -0.25) is 4.79 Å². The van der Waals surface area contributed by atoms with Crippen LogP contribution in [0.25, 0.3) is 0 Å². The Kier molecular flexibility index (Phi) is 7.00. The molecule has 2 aliphatic heterocycles. The van der Waals surface area contributed by atoms with Crippen molar-refractivity contribution in [2.75, 3.05) is 44.7 Å². The van der Waals surface area contributed by atoms with Crippen LogP contribution < -0.4 is 9.64 Å². The minimum Gasteiger partial charge on any atom is -0.497 e. The first kappa shape index (κ1) is 25.4. The smallest absolute Gasteiger partial charge is 0.244 e. The van der Waals surface area contributed by atoms with Crippen molar-refractivity contribution in [3.63, 3.8) is 0 Å². The SMILES string of the molecule is COc1cc(C)c(S(=O)(=O)N2CCn3cccc3C2CC(=O)N2CCN(c3ccccc3)CC2)c(C)c1. The van der Waals surface area contributed by atoms with Crippen LogP contribution in [0.1, 0.15) is 29.3 Å². The van der Waals surface area contributed by atoms with Gasteiger partial charge in [0.1, 0.15) is 5.75 Å². The molecule has 0 aliphatic carbocycles. The van der Waals surface area contributed by atoms with Gasteiger partial charge in [0.15, 0.2) is 0 Å². The third-order valence-corrected chi connectivity index (χ3v) is 9.69. The maximum atomic E-state index is 14.1. The van der Waals surface area contributed by atoms with Crippen LogP contribution in [0.3, 0.4) is 0 Å². The number of nitrogens with zero attached hydrogens (tertiary/aromatic N) is 4. The van der Waals surface area contributed by atoms with Crippen LogP contribution >= 0.6 is 0 Å². The molecule has 0 N–H and O–H groups in total. The number of fused-ring (bicyclic) bond motifs is 1. The van der Waals surface area contributed by atoms with Crippen molar-refractivity contribution in [2.45, 2.75) is 37.8 Å². The molecule has 3 aromatic rings. The van der Waals surface area contributed by atoms with E-state index in [1.165, 1.54) is 4.31 Å². The van der Waals surface area contributed by atoms with E-state index in [4.69, 9.17) is 4.74 Å². The molecular formula is C28H34N4O4S.